The molecule has 0 saturated carbocycles. The summed E-state index contributed by atoms with van der Waals surface area (Å²) in [6.07, 6.45) is 0.199. The summed E-state index contributed by atoms with van der Waals surface area (Å²) in [5, 5.41) is 2.98. The Hall–Kier alpha value is -2.87. The standard InChI is InChI=1S/C23H23ClN2O4S/c1-30-22-13-12-19(15-20(22)24)31(28,29)26-21(14-17-8-4-2-5-9-17)23(27)25-16-18-10-6-3-7-11-18/h2-13,15,21,26H,14,16H2,1H3,(H,25,27)/t21-/m0/s1. The number of rotatable bonds is 9. The molecule has 0 spiro atoms. The van der Waals surface area contributed by atoms with Gasteiger partial charge in [0.05, 0.1) is 17.0 Å². The van der Waals surface area contributed by atoms with E-state index in [9.17, 15) is 13.2 Å². The van der Waals surface area contributed by atoms with E-state index in [1.54, 1.807) is 0 Å². The quantitative estimate of drug-likeness (QED) is 0.513. The third-order valence-corrected chi connectivity index (χ3v) is 6.40. The van der Waals surface area contributed by atoms with Gasteiger partial charge in [0.1, 0.15) is 11.8 Å². The number of hydrogen-bond donors (Lipinski definition) is 2. The van der Waals surface area contributed by atoms with Crippen LogP contribution in [-0.2, 0) is 27.8 Å². The normalized spacial score (nSPS) is 12.2. The van der Waals surface area contributed by atoms with Crippen LogP contribution in [0.5, 0.6) is 5.75 Å². The largest absolute Gasteiger partial charge is 0.495 e. The van der Waals surface area contributed by atoms with Gasteiger partial charge in [-0.1, -0.05) is 72.3 Å². The van der Waals surface area contributed by atoms with Gasteiger partial charge in [-0.15, -0.1) is 0 Å². The Morgan fingerprint density at radius 2 is 1.58 bits per heavy atom. The first-order valence-corrected chi connectivity index (χ1v) is 11.5. The smallest absolute Gasteiger partial charge is 0.241 e. The molecule has 0 aliphatic heterocycles. The molecule has 0 aromatic heterocycles. The Balaban J connectivity index is 1.81. The Morgan fingerprint density at radius 1 is 0.968 bits per heavy atom. The Bertz CT molecular complexity index is 1120. The van der Waals surface area contributed by atoms with E-state index in [1.165, 1.54) is 25.3 Å². The number of hydrogen-bond acceptors (Lipinski definition) is 4. The highest BCUT2D eigenvalue weighted by Crippen LogP contribution is 2.27. The number of methoxy groups -OCH3 is 1. The van der Waals surface area contributed by atoms with Crippen molar-refractivity contribution in [2.75, 3.05) is 7.11 Å². The van der Waals surface area contributed by atoms with E-state index in [0.717, 1.165) is 11.1 Å². The van der Waals surface area contributed by atoms with E-state index >= 15 is 0 Å². The van der Waals surface area contributed by atoms with Gasteiger partial charge < -0.3 is 10.1 Å². The minimum Gasteiger partial charge on any atom is -0.495 e. The molecule has 162 valence electrons. The molecular weight excluding hydrogens is 436 g/mol. The number of benzene rings is 3. The predicted molar refractivity (Wildman–Crippen MR) is 121 cm³/mol. The second-order valence-electron chi connectivity index (χ2n) is 6.86. The topological polar surface area (TPSA) is 84.5 Å². The van der Waals surface area contributed by atoms with Crippen LogP contribution in [0.25, 0.3) is 0 Å². The van der Waals surface area contributed by atoms with E-state index < -0.39 is 22.0 Å². The monoisotopic (exact) mass is 458 g/mol. The van der Waals surface area contributed by atoms with Crippen LogP contribution in [0.3, 0.4) is 0 Å². The molecule has 1 amide bonds. The van der Waals surface area contributed by atoms with Gasteiger partial charge >= 0.3 is 0 Å². The van der Waals surface area contributed by atoms with Gasteiger partial charge in [-0.3, -0.25) is 4.79 Å². The molecule has 0 bridgehead atoms. The molecule has 1 atom stereocenters. The van der Waals surface area contributed by atoms with Crippen LogP contribution < -0.4 is 14.8 Å². The van der Waals surface area contributed by atoms with Crippen LogP contribution >= 0.6 is 11.6 Å². The molecule has 3 rings (SSSR count). The van der Waals surface area contributed by atoms with E-state index in [0.29, 0.717) is 12.3 Å². The lowest BCUT2D eigenvalue weighted by atomic mass is 10.1. The van der Waals surface area contributed by atoms with Crippen LogP contribution in [0.2, 0.25) is 5.02 Å². The number of carbonyl (C=O) groups is 1. The summed E-state index contributed by atoms with van der Waals surface area (Å²) in [5.74, 6) is -0.0575. The van der Waals surface area contributed by atoms with Crippen LogP contribution in [-0.4, -0.2) is 27.5 Å². The molecule has 8 heteroatoms. The van der Waals surface area contributed by atoms with Crippen LogP contribution in [0.4, 0.5) is 0 Å². The van der Waals surface area contributed by atoms with Gasteiger partial charge in [0.15, 0.2) is 0 Å². The van der Waals surface area contributed by atoms with Crippen molar-refractivity contribution in [1.29, 1.82) is 0 Å². The molecule has 0 aliphatic carbocycles. The molecular formula is C23H23ClN2O4S. The molecule has 31 heavy (non-hydrogen) atoms. The highest BCUT2D eigenvalue weighted by atomic mass is 35.5. The van der Waals surface area contributed by atoms with Crippen molar-refractivity contribution in [3.05, 3.63) is 95.0 Å². The van der Waals surface area contributed by atoms with Gasteiger partial charge in [0.2, 0.25) is 15.9 Å². The van der Waals surface area contributed by atoms with E-state index in [4.69, 9.17) is 16.3 Å². The van der Waals surface area contributed by atoms with Gasteiger partial charge in [-0.25, -0.2) is 8.42 Å². The zero-order valence-corrected chi connectivity index (χ0v) is 18.5. The summed E-state index contributed by atoms with van der Waals surface area (Å²) >= 11 is 6.09. The highest BCUT2D eigenvalue weighted by Gasteiger charge is 2.26. The second-order valence-corrected chi connectivity index (χ2v) is 8.98. The first-order valence-electron chi connectivity index (χ1n) is 9.60. The van der Waals surface area contributed by atoms with Crippen molar-refractivity contribution in [2.24, 2.45) is 0 Å². The van der Waals surface area contributed by atoms with Gasteiger partial charge in [-0.05, 0) is 35.7 Å². The molecule has 0 heterocycles. The first-order chi connectivity index (χ1) is 14.9. The van der Waals surface area contributed by atoms with E-state index in [1.807, 2.05) is 60.7 Å². The molecule has 3 aromatic carbocycles. The maximum Gasteiger partial charge on any atom is 0.241 e. The fourth-order valence-corrected chi connectivity index (χ4v) is 4.56. The van der Waals surface area contributed by atoms with Crippen molar-refractivity contribution >= 4 is 27.5 Å². The van der Waals surface area contributed by atoms with Crippen molar-refractivity contribution < 1.29 is 17.9 Å². The first kappa shape index (κ1) is 22.8. The fourth-order valence-electron chi connectivity index (χ4n) is 3.02. The average Bonchev–Trinajstić information content (AvgIpc) is 2.78. The molecule has 0 unspecified atom stereocenters. The Morgan fingerprint density at radius 3 is 2.16 bits per heavy atom. The summed E-state index contributed by atoms with van der Waals surface area (Å²) in [6.45, 7) is 0.293. The second kappa shape index (κ2) is 10.4. The molecule has 0 fully saturated rings. The molecule has 0 saturated heterocycles. The SMILES string of the molecule is COc1ccc(S(=O)(=O)N[C@@H](Cc2ccccc2)C(=O)NCc2ccccc2)cc1Cl. The third-order valence-electron chi connectivity index (χ3n) is 4.64. The number of halogens is 1. The maximum atomic E-state index is 13.0. The number of ether oxygens (including phenoxy) is 1. The lowest BCUT2D eigenvalue weighted by Gasteiger charge is -2.19. The van der Waals surface area contributed by atoms with Crippen LogP contribution in [0, 0.1) is 0 Å². The van der Waals surface area contributed by atoms with Crippen molar-refractivity contribution in [3.8, 4) is 5.75 Å². The average molecular weight is 459 g/mol. The number of amides is 1. The molecule has 2 N–H and O–H groups in total. The number of carbonyl (C=O) groups excluding carboxylic acids is 1. The minimum atomic E-state index is -4.01. The fraction of sp³-hybridized carbons (Fsp3) is 0.174. The minimum absolute atomic E-state index is 0.0489. The van der Waals surface area contributed by atoms with Crippen LogP contribution in [0.1, 0.15) is 11.1 Å². The zero-order chi connectivity index (χ0) is 22.3. The maximum absolute atomic E-state index is 13.0. The van der Waals surface area contributed by atoms with Crippen molar-refractivity contribution in [1.82, 2.24) is 10.0 Å². The van der Waals surface area contributed by atoms with Gasteiger partial charge in [-0.2, -0.15) is 4.72 Å². The van der Waals surface area contributed by atoms with Crippen molar-refractivity contribution in [2.45, 2.75) is 23.9 Å². The molecule has 0 radical (unpaired) electrons. The Kier molecular flexibility index (Phi) is 7.68. The summed E-state index contributed by atoms with van der Waals surface area (Å²) in [7, 11) is -2.56. The predicted octanol–water partition coefficient (Wildman–Crippen LogP) is 3.55. The summed E-state index contributed by atoms with van der Waals surface area (Å²) in [4.78, 5) is 12.9. The zero-order valence-electron chi connectivity index (χ0n) is 16.9. The van der Waals surface area contributed by atoms with Gasteiger partial charge in [0, 0.05) is 6.54 Å². The van der Waals surface area contributed by atoms with Crippen LogP contribution in [0.15, 0.2) is 83.8 Å². The number of nitrogens with one attached hydrogen (secondary N) is 2. The highest BCUT2D eigenvalue weighted by molar-refractivity contribution is 7.89. The lowest BCUT2D eigenvalue weighted by Crippen LogP contribution is -2.47. The van der Waals surface area contributed by atoms with E-state index in [-0.39, 0.29) is 16.3 Å². The summed E-state index contributed by atoms with van der Waals surface area (Å²) < 4.78 is 33.5. The van der Waals surface area contributed by atoms with Crippen molar-refractivity contribution in [3.63, 3.8) is 0 Å². The third kappa shape index (κ3) is 6.30. The van der Waals surface area contributed by atoms with E-state index in [2.05, 4.69) is 10.0 Å². The molecule has 3 aromatic rings. The molecule has 0 aliphatic rings. The summed E-state index contributed by atoms with van der Waals surface area (Å²) in [6, 6.07) is 21.8. The lowest BCUT2D eigenvalue weighted by molar-refractivity contribution is -0.122. The summed E-state index contributed by atoms with van der Waals surface area (Å²) in [5.41, 5.74) is 1.75. The Labute approximate surface area is 187 Å². The van der Waals surface area contributed by atoms with Gasteiger partial charge in [0.25, 0.3) is 0 Å². The number of sulfonamides is 1. The molecule has 6 nitrogen and oxygen atoms in total.